The maximum absolute atomic E-state index is 14.0. The van der Waals surface area contributed by atoms with Gasteiger partial charge in [0.15, 0.2) is 0 Å². The predicted octanol–water partition coefficient (Wildman–Crippen LogP) is 3.93. The summed E-state index contributed by atoms with van der Waals surface area (Å²) in [6.45, 7) is 1.71. The summed E-state index contributed by atoms with van der Waals surface area (Å²) in [5.41, 5.74) is 5.10. The van der Waals surface area contributed by atoms with Crippen LogP contribution in [-0.2, 0) is 16.0 Å². The Balaban J connectivity index is 1.64. The number of hydrogen-bond acceptors (Lipinski definition) is 4. The first-order valence-electron chi connectivity index (χ1n) is 10.1. The molecule has 1 heterocycles. The van der Waals surface area contributed by atoms with Gasteiger partial charge in [0, 0.05) is 5.56 Å². The van der Waals surface area contributed by atoms with E-state index >= 15 is 0 Å². The average Bonchev–Trinajstić information content (AvgIpc) is 3.09. The van der Waals surface area contributed by atoms with E-state index in [2.05, 4.69) is 15.6 Å². The molecule has 0 radical (unpaired) electrons. The highest BCUT2D eigenvalue weighted by Crippen LogP contribution is 2.26. The van der Waals surface area contributed by atoms with Crippen molar-refractivity contribution in [2.45, 2.75) is 13.3 Å². The SMILES string of the molecule is CC1=NN(c2ccccc2)C(=O)C1/C(=N/NC(=O)Cc1ccccc1)c1cccc(F)c1. The number of benzene rings is 3. The Morgan fingerprint density at radius 3 is 2.41 bits per heavy atom. The molecule has 1 unspecified atom stereocenters. The molecule has 1 atom stereocenters. The summed E-state index contributed by atoms with van der Waals surface area (Å²) in [6.07, 6.45) is 0.128. The number of carbonyl (C=O) groups is 2. The van der Waals surface area contributed by atoms with Crippen LogP contribution in [-0.4, -0.2) is 23.2 Å². The molecule has 3 aromatic carbocycles. The molecule has 0 fully saturated rings. The Kier molecular flexibility index (Phi) is 6.17. The molecule has 0 aromatic heterocycles. The van der Waals surface area contributed by atoms with E-state index in [1.807, 2.05) is 48.5 Å². The van der Waals surface area contributed by atoms with Crippen LogP contribution in [0, 0.1) is 11.7 Å². The first-order valence-corrected chi connectivity index (χ1v) is 10.1. The highest BCUT2D eigenvalue weighted by molar-refractivity contribution is 6.31. The minimum atomic E-state index is -0.853. The Hall–Kier alpha value is -4.13. The fourth-order valence-electron chi connectivity index (χ4n) is 3.52. The van der Waals surface area contributed by atoms with E-state index < -0.39 is 11.7 Å². The van der Waals surface area contributed by atoms with Gasteiger partial charge >= 0.3 is 0 Å². The molecule has 32 heavy (non-hydrogen) atoms. The lowest BCUT2D eigenvalue weighted by Crippen LogP contribution is -2.35. The number of anilines is 1. The number of rotatable bonds is 6. The van der Waals surface area contributed by atoms with Gasteiger partial charge in [-0.15, -0.1) is 0 Å². The number of nitrogens with zero attached hydrogens (tertiary/aromatic N) is 3. The zero-order chi connectivity index (χ0) is 22.5. The van der Waals surface area contributed by atoms with Crippen molar-refractivity contribution in [3.8, 4) is 0 Å². The van der Waals surface area contributed by atoms with E-state index in [1.54, 1.807) is 25.1 Å². The van der Waals surface area contributed by atoms with Crippen molar-refractivity contribution >= 4 is 28.9 Å². The summed E-state index contributed by atoms with van der Waals surface area (Å²) in [5, 5.41) is 9.97. The van der Waals surface area contributed by atoms with Crippen LogP contribution in [0.3, 0.4) is 0 Å². The molecule has 4 rings (SSSR count). The number of para-hydroxylation sites is 1. The number of halogens is 1. The normalized spacial score (nSPS) is 16.1. The van der Waals surface area contributed by atoms with E-state index in [-0.39, 0.29) is 23.9 Å². The molecule has 0 aliphatic carbocycles. The van der Waals surface area contributed by atoms with Gasteiger partial charge in [-0.2, -0.15) is 15.2 Å². The smallest absolute Gasteiger partial charge is 0.262 e. The van der Waals surface area contributed by atoms with Crippen LogP contribution in [0.5, 0.6) is 0 Å². The van der Waals surface area contributed by atoms with E-state index in [4.69, 9.17) is 0 Å². The van der Waals surface area contributed by atoms with Gasteiger partial charge in [0.1, 0.15) is 11.7 Å². The monoisotopic (exact) mass is 428 g/mol. The van der Waals surface area contributed by atoms with Gasteiger partial charge < -0.3 is 0 Å². The summed E-state index contributed by atoms with van der Waals surface area (Å²) >= 11 is 0. The van der Waals surface area contributed by atoms with Crippen LogP contribution in [0.25, 0.3) is 0 Å². The summed E-state index contributed by atoms with van der Waals surface area (Å²) in [6, 6.07) is 24.0. The third kappa shape index (κ3) is 4.62. The lowest BCUT2D eigenvalue weighted by atomic mass is 9.92. The second-order valence-corrected chi connectivity index (χ2v) is 7.36. The van der Waals surface area contributed by atoms with E-state index in [0.717, 1.165) is 5.56 Å². The number of nitrogens with one attached hydrogen (secondary N) is 1. The third-order valence-electron chi connectivity index (χ3n) is 5.03. The first kappa shape index (κ1) is 21.1. The van der Waals surface area contributed by atoms with Crippen LogP contribution >= 0.6 is 0 Å². The van der Waals surface area contributed by atoms with Crippen molar-refractivity contribution in [2.24, 2.45) is 16.1 Å². The molecular formula is C25H21FN4O2. The standard InChI is InChI=1S/C25H21FN4O2/c1-17-23(25(32)30(29-17)21-13-6-3-7-14-21)24(19-11-8-12-20(26)16-19)28-27-22(31)15-18-9-4-2-5-10-18/h2-14,16,23H,15H2,1H3,(H,27,31)/b28-24+. The fraction of sp³-hybridized carbons (Fsp3) is 0.120. The molecule has 1 aliphatic heterocycles. The predicted molar refractivity (Wildman–Crippen MR) is 122 cm³/mol. The Labute approximate surface area is 185 Å². The zero-order valence-corrected chi connectivity index (χ0v) is 17.4. The minimum absolute atomic E-state index is 0.128. The number of hydrogen-bond donors (Lipinski definition) is 1. The quantitative estimate of drug-likeness (QED) is 0.477. The molecule has 0 saturated carbocycles. The number of amides is 2. The van der Waals surface area contributed by atoms with Gasteiger partial charge in [-0.1, -0.05) is 60.7 Å². The van der Waals surface area contributed by atoms with Gasteiger partial charge in [0.05, 0.1) is 23.5 Å². The van der Waals surface area contributed by atoms with Crippen molar-refractivity contribution in [1.82, 2.24) is 5.43 Å². The third-order valence-corrected chi connectivity index (χ3v) is 5.03. The van der Waals surface area contributed by atoms with Crippen molar-refractivity contribution in [1.29, 1.82) is 0 Å². The average molecular weight is 428 g/mol. The van der Waals surface area contributed by atoms with Gasteiger partial charge in [-0.25, -0.2) is 9.82 Å². The molecule has 3 aromatic rings. The van der Waals surface area contributed by atoms with Crippen LogP contribution in [0.4, 0.5) is 10.1 Å². The highest BCUT2D eigenvalue weighted by Gasteiger charge is 2.39. The molecule has 2 amide bonds. The van der Waals surface area contributed by atoms with Crippen molar-refractivity contribution in [2.75, 3.05) is 5.01 Å². The molecule has 1 N–H and O–H groups in total. The van der Waals surface area contributed by atoms with Gasteiger partial charge in [-0.3, -0.25) is 9.59 Å². The van der Waals surface area contributed by atoms with Crippen LogP contribution in [0.15, 0.2) is 95.1 Å². The molecule has 0 saturated heterocycles. The Morgan fingerprint density at radius 2 is 1.72 bits per heavy atom. The maximum Gasteiger partial charge on any atom is 0.262 e. The number of carbonyl (C=O) groups excluding carboxylic acids is 2. The van der Waals surface area contributed by atoms with Crippen LogP contribution < -0.4 is 10.4 Å². The lowest BCUT2D eigenvalue weighted by molar-refractivity contribution is -0.121. The Bertz CT molecular complexity index is 1190. The minimum Gasteiger partial charge on any atom is -0.273 e. The van der Waals surface area contributed by atoms with E-state index in [1.165, 1.54) is 23.2 Å². The molecule has 160 valence electrons. The summed E-state index contributed by atoms with van der Waals surface area (Å²) in [7, 11) is 0. The van der Waals surface area contributed by atoms with Crippen LogP contribution in [0.1, 0.15) is 18.1 Å². The Morgan fingerprint density at radius 1 is 1.03 bits per heavy atom. The molecule has 7 heteroatoms. The highest BCUT2D eigenvalue weighted by atomic mass is 19.1. The molecule has 6 nitrogen and oxygen atoms in total. The molecule has 0 spiro atoms. The number of hydrazone groups is 2. The fourth-order valence-corrected chi connectivity index (χ4v) is 3.52. The zero-order valence-electron chi connectivity index (χ0n) is 17.4. The molecule has 1 aliphatic rings. The molecular weight excluding hydrogens is 407 g/mol. The van der Waals surface area contributed by atoms with Crippen molar-refractivity contribution < 1.29 is 14.0 Å². The summed E-state index contributed by atoms with van der Waals surface area (Å²) in [4.78, 5) is 25.7. The van der Waals surface area contributed by atoms with Gasteiger partial charge in [0.2, 0.25) is 5.91 Å². The van der Waals surface area contributed by atoms with Crippen molar-refractivity contribution in [3.05, 3.63) is 102 Å². The molecule has 0 bridgehead atoms. The second kappa shape index (κ2) is 9.34. The lowest BCUT2D eigenvalue weighted by Gasteiger charge is -2.16. The van der Waals surface area contributed by atoms with Gasteiger partial charge in [0.25, 0.3) is 5.91 Å². The summed E-state index contributed by atoms with van der Waals surface area (Å²) < 4.78 is 14.0. The first-order chi connectivity index (χ1) is 15.5. The maximum atomic E-state index is 14.0. The van der Waals surface area contributed by atoms with Crippen molar-refractivity contribution in [3.63, 3.8) is 0 Å². The second-order valence-electron chi connectivity index (χ2n) is 7.36. The summed E-state index contributed by atoms with van der Waals surface area (Å²) in [5.74, 6) is -1.99. The van der Waals surface area contributed by atoms with E-state index in [0.29, 0.717) is 17.0 Å². The van der Waals surface area contributed by atoms with Crippen LogP contribution in [0.2, 0.25) is 0 Å². The largest absolute Gasteiger partial charge is 0.273 e. The van der Waals surface area contributed by atoms with E-state index in [9.17, 15) is 14.0 Å². The topological polar surface area (TPSA) is 74.1 Å². The van der Waals surface area contributed by atoms with Gasteiger partial charge in [-0.05, 0) is 36.8 Å².